The Balaban J connectivity index is 1.56. The first-order valence-corrected chi connectivity index (χ1v) is 11.0. The molecule has 1 unspecified atom stereocenters. The second-order valence-corrected chi connectivity index (χ2v) is 8.10. The molecule has 0 amide bonds. The molecular formula is C26H28N2O4. The number of Topliss-reactive ketones (excluding diaryl/α,β-unsaturated/α-hetero) is 1. The van der Waals surface area contributed by atoms with Crippen LogP contribution in [0.4, 0.5) is 0 Å². The van der Waals surface area contributed by atoms with Crippen molar-refractivity contribution in [2.24, 2.45) is 0 Å². The molecule has 166 valence electrons. The van der Waals surface area contributed by atoms with E-state index in [-0.39, 0.29) is 11.8 Å². The van der Waals surface area contributed by atoms with Gasteiger partial charge in [0.2, 0.25) is 0 Å². The van der Waals surface area contributed by atoms with Gasteiger partial charge < -0.3 is 14.8 Å². The fourth-order valence-corrected chi connectivity index (χ4v) is 4.43. The van der Waals surface area contributed by atoms with Gasteiger partial charge in [-0.3, -0.25) is 9.78 Å². The molecule has 0 saturated carbocycles. The number of rotatable bonds is 7. The molecule has 0 saturated heterocycles. The number of aryl methyl sites for hydroxylation is 1. The van der Waals surface area contributed by atoms with E-state index in [0.717, 1.165) is 47.7 Å². The number of dihydropyridines is 1. The molecule has 0 spiro atoms. The van der Waals surface area contributed by atoms with Crippen LogP contribution >= 0.6 is 0 Å². The van der Waals surface area contributed by atoms with Gasteiger partial charge in [-0.2, -0.15) is 0 Å². The molecule has 1 atom stereocenters. The van der Waals surface area contributed by atoms with Crippen molar-refractivity contribution in [3.05, 3.63) is 82.5 Å². The smallest absolute Gasteiger partial charge is 0.336 e. The lowest BCUT2D eigenvalue weighted by Gasteiger charge is -2.34. The van der Waals surface area contributed by atoms with Crippen LogP contribution in [0.5, 0.6) is 5.75 Å². The first-order chi connectivity index (χ1) is 15.6. The van der Waals surface area contributed by atoms with Gasteiger partial charge in [-0.1, -0.05) is 18.2 Å². The van der Waals surface area contributed by atoms with Gasteiger partial charge in [0, 0.05) is 41.2 Å². The Morgan fingerprint density at radius 2 is 1.97 bits per heavy atom. The Bertz CT molecular complexity index is 1050. The van der Waals surface area contributed by atoms with Gasteiger partial charge in [-0.15, -0.1) is 0 Å². The number of allylic oxidation sites excluding steroid dienone is 3. The maximum atomic E-state index is 13.2. The van der Waals surface area contributed by atoms with Crippen LogP contribution in [0.15, 0.2) is 71.2 Å². The van der Waals surface area contributed by atoms with E-state index < -0.39 is 5.92 Å². The van der Waals surface area contributed by atoms with Gasteiger partial charge >= 0.3 is 5.97 Å². The Hall–Kier alpha value is -3.41. The summed E-state index contributed by atoms with van der Waals surface area (Å²) in [4.78, 5) is 30.4. The minimum Gasteiger partial charge on any atom is -0.497 e. The maximum absolute atomic E-state index is 13.2. The van der Waals surface area contributed by atoms with Gasteiger partial charge in [0.05, 0.1) is 19.3 Å². The number of ketones is 1. The fraction of sp³-hybridized carbons (Fsp3) is 0.346. The summed E-state index contributed by atoms with van der Waals surface area (Å²) in [6.07, 6.45) is 5.30. The largest absolute Gasteiger partial charge is 0.497 e. The maximum Gasteiger partial charge on any atom is 0.336 e. The highest BCUT2D eigenvalue weighted by Crippen LogP contribution is 2.42. The van der Waals surface area contributed by atoms with Crippen LogP contribution in [0.25, 0.3) is 0 Å². The monoisotopic (exact) mass is 432 g/mol. The van der Waals surface area contributed by atoms with E-state index in [4.69, 9.17) is 9.47 Å². The molecule has 6 heteroatoms. The number of methoxy groups -OCH3 is 1. The summed E-state index contributed by atoms with van der Waals surface area (Å²) in [6.45, 7) is 2.17. The number of ether oxygens (including phenoxy) is 2. The number of pyridine rings is 1. The summed E-state index contributed by atoms with van der Waals surface area (Å²) in [7, 11) is 1.61. The molecule has 32 heavy (non-hydrogen) atoms. The lowest BCUT2D eigenvalue weighted by atomic mass is 9.75. The molecule has 1 N–H and O–H groups in total. The van der Waals surface area contributed by atoms with E-state index in [9.17, 15) is 9.59 Å². The zero-order chi connectivity index (χ0) is 22.5. The molecular weight excluding hydrogens is 404 g/mol. The Kier molecular flexibility index (Phi) is 6.69. The van der Waals surface area contributed by atoms with Crippen molar-refractivity contribution >= 4 is 11.8 Å². The fourth-order valence-electron chi connectivity index (χ4n) is 4.43. The highest BCUT2D eigenvalue weighted by molar-refractivity contribution is 6.03. The molecule has 0 radical (unpaired) electrons. The lowest BCUT2D eigenvalue weighted by Crippen LogP contribution is -2.34. The van der Waals surface area contributed by atoms with Crippen LogP contribution in [-0.4, -0.2) is 30.5 Å². The normalized spacial score (nSPS) is 18.2. The van der Waals surface area contributed by atoms with Gasteiger partial charge in [0.1, 0.15) is 5.75 Å². The van der Waals surface area contributed by atoms with E-state index >= 15 is 0 Å². The minimum absolute atomic E-state index is 0.0903. The molecule has 1 aliphatic carbocycles. The summed E-state index contributed by atoms with van der Waals surface area (Å²) < 4.78 is 10.9. The number of carbonyl (C=O) groups excluding carboxylic acids is 2. The number of hydrogen-bond acceptors (Lipinski definition) is 6. The highest BCUT2D eigenvalue weighted by atomic mass is 16.5. The van der Waals surface area contributed by atoms with Crippen LogP contribution < -0.4 is 10.1 Å². The van der Waals surface area contributed by atoms with Crippen molar-refractivity contribution in [3.8, 4) is 5.75 Å². The topological polar surface area (TPSA) is 77.5 Å². The van der Waals surface area contributed by atoms with E-state index in [2.05, 4.69) is 10.3 Å². The molecule has 6 nitrogen and oxygen atoms in total. The molecule has 1 aromatic carbocycles. The van der Waals surface area contributed by atoms with E-state index in [1.165, 1.54) is 0 Å². The van der Waals surface area contributed by atoms with E-state index in [0.29, 0.717) is 30.6 Å². The molecule has 0 fully saturated rings. The van der Waals surface area contributed by atoms with Crippen molar-refractivity contribution < 1.29 is 19.1 Å². The summed E-state index contributed by atoms with van der Waals surface area (Å²) in [6, 6.07) is 13.3. The SMILES string of the molecule is COc1ccc(C2C(C(=O)OCCCc3ccccn3)=C(C)NC3=C2C(=O)CCC3)cc1. The average molecular weight is 433 g/mol. The van der Waals surface area contributed by atoms with Crippen LogP contribution in [0.3, 0.4) is 0 Å². The van der Waals surface area contributed by atoms with Gasteiger partial charge in [0.25, 0.3) is 0 Å². The highest BCUT2D eigenvalue weighted by Gasteiger charge is 2.39. The summed E-state index contributed by atoms with van der Waals surface area (Å²) in [5.41, 5.74) is 4.71. The Labute approximate surface area is 188 Å². The van der Waals surface area contributed by atoms with Gasteiger partial charge in [-0.25, -0.2) is 4.79 Å². The number of benzene rings is 1. The van der Waals surface area contributed by atoms with Crippen molar-refractivity contribution in [1.82, 2.24) is 10.3 Å². The number of esters is 1. The molecule has 2 heterocycles. The quantitative estimate of drug-likeness (QED) is 0.521. The van der Waals surface area contributed by atoms with Crippen LogP contribution in [-0.2, 0) is 20.7 Å². The predicted molar refractivity (Wildman–Crippen MR) is 121 cm³/mol. The average Bonchev–Trinajstić information content (AvgIpc) is 2.82. The number of aromatic nitrogens is 1. The van der Waals surface area contributed by atoms with Crippen molar-refractivity contribution in [2.75, 3.05) is 13.7 Å². The second kappa shape index (κ2) is 9.81. The predicted octanol–water partition coefficient (Wildman–Crippen LogP) is 4.23. The number of nitrogens with zero attached hydrogens (tertiary/aromatic N) is 1. The third-order valence-electron chi connectivity index (χ3n) is 5.98. The van der Waals surface area contributed by atoms with Crippen LogP contribution in [0.2, 0.25) is 0 Å². The zero-order valence-corrected chi connectivity index (χ0v) is 18.5. The lowest BCUT2D eigenvalue weighted by molar-refractivity contribution is -0.139. The summed E-state index contributed by atoms with van der Waals surface area (Å²) >= 11 is 0. The third-order valence-corrected chi connectivity index (χ3v) is 5.98. The van der Waals surface area contributed by atoms with Crippen LogP contribution in [0.1, 0.15) is 49.8 Å². The molecule has 4 rings (SSSR count). The number of nitrogens with one attached hydrogen (secondary N) is 1. The van der Waals surface area contributed by atoms with Crippen molar-refractivity contribution in [3.63, 3.8) is 0 Å². The van der Waals surface area contributed by atoms with Crippen molar-refractivity contribution in [2.45, 2.75) is 44.9 Å². The summed E-state index contributed by atoms with van der Waals surface area (Å²) in [5, 5.41) is 3.32. The first-order valence-electron chi connectivity index (χ1n) is 11.0. The minimum atomic E-state index is -0.437. The zero-order valence-electron chi connectivity index (χ0n) is 18.5. The van der Waals surface area contributed by atoms with E-state index in [1.807, 2.05) is 49.4 Å². The number of hydrogen-bond donors (Lipinski definition) is 1. The number of carbonyl (C=O) groups is 2. The molecule has 1 aromatic heterocycles. The first kappa shape index (κ1) is 21.8. The standard InChI is InChI=1S/C26H28N2O4/c1-17-23(26(30)32-16-6-8-19-7-3-4-15-27-19)24(18-11-13-20(31-2)14-12-18)25-21(28-17)9-5-10-22(25)29/h3-4,7,11-15,24,28H,5-6,8-10,16H2,1-2H3. The summed E-state index contributed by atoms with van der Waals surface area (Å²) in [5.74, 6) is -0.00580. The molecule has 1 aliphatic heterocycles. The van der Waals surface area contributed by atoms with Crippen LogP contribution in [0, 0.1) is 0 Å². The molecule has 2 aliphatic rings. The van der Waals surface area contributed by atoms with Crippen molar-refractivity contribution in [1.29, 1.82) is 0 Å². The Morgan fingerprint density at radius 1 is 1.16 bits per heavy atom. The van der Waals surface area contributed by atoms with E-state index in [1.54, 1.807) is 13.3 Å². The van der Waals surface area contributed by atoms with Gasteiger partial charge in [0.15, 0.2) is 5.78 Å². The molecule has 0 bridgehead atoms. The van der Waals surface area contributed by atoms with Gasteiger partial charge in [-0.05, 0) is 62.4 Å². The second-order valence-electron chi connectivity index (χ2n) is 8.10. The Morgan fingerprint density at radius 3 is 2.69 bits per heavy atom. The third kappa shape index (κ3) is 4.59. The molecule has 2 aromatic rings.